The van der Waals surface area contributed by atoms with Gasteiger partial charge in [0.1, 0.15) is 18.0 Å². The van der Waals surface area contributed by atoms with Gasteiger partial charge in [-0.15, -0.1) is 0 Å². The summed E-state index contributed by atoms with van der Waals surface area (Å²) in [5, 5.41) is 11.7. The van der Waals surface area contributed by atoms with Crippen molar-refractivity contribution in [2.75, 3.05) is 11.9 Å². The Bertz CT molecular complexity index is 905. The average molecular weight is 336 g/mol. The maximum absolute atomic E-state index is 13.3. The fraction of sp³-hybridized carbons (Fsp3) is 0.133. The lowest BCUT2D eigenvalue weighted by Gasteiger charge is -2.13. The second-order valence-corrected chi connectivity index (χ2v) is 4.94. The zero-order valence-corrected chi connectivity index (χ0v) is 12.1. The standard InChI is InChI=1S/C15H11F3N4O2/c16-15(17,18)10-2-1-4-19-13(10)9-6-11(21-7-12(23)24)22-14-8(9)3-5-20-14/h1-6H,7H2,(H,23,24)(H2,20,21,22). The molecule has 124 valence electrons. The van der Waals surface area contributed by atoms with Crippen LogP contribution < -0.4 is 5.32 Å². The number of carboxylic acid groups (broad SMARTS) is 1. The predicted octanol–water partition coefficient (Wildman–Crippen LogP) is 3.14. The van der Waals surface area contributed by atoms with E-state index >= 15 is 0 Å². The molecule has 0 fully saturated rings. The Morgan fingerprint density at radius 2 is 2.12 bits per heavy atom. The number of halogens is 3. The van der Waals surface area contributed by atoms with Crippen molar-refractivity contribution >= 4 is 22.8 Å². The third-order valence-electron chi connectivity index (χ3n) is 3.32. The molecule has 0 bridgehead atoms. The first-order chi connectivity index (χ1) is 11.4. The first-order valence-corrected chi connectivity index (χ1v) is 6.82. The number of aromatic nitrogens is 3. The lowest BCUT2D eigenvalue weighted by molar-refractivity contribution is -0.137. The molecule has 0 amide bonds. The Morgan fingerprint density at radius 1 is 1.33 bits per heavy atom. The minimum Gasteiger partial charge on any atom is -0.480 e. The van der Waals surface area contributed by atoms with Gasteiger partial charge < -0.3 is 15.4 Å². The van der Waals surface area contributed by atoms with E-state index in [1.54, 1.807) is 12.3 Å². The van der Waals surface area contributed by atoms with Crippen molar-refractivity contribution in [2.45, 2.75) is 6.18 Å². The number of carbonyl (C=O) groups is 1. The molecule has 6 nitrogen and oxygen atoms in total. The molecule has 24 heavy (non-hydrogen) atoms. The van der Waals surface area contributed by atoms with Crippen LogP contribution in [-0.4, -0.2) is 32.6 Å². The van der Waals surface area contributed by atoms with E-state index in [1.807, 2.05) is 0 Å². The number of hydrogen-bond donors (Lipinski definition) is 3. The van der Waals surface area contributed by atoms with Crippen molar-refractivity contribution < 1.29 is 23.1 Å². The Hall–Kier alpha value is -3.10. The summed E-state index contributed by atoms with van der Waals surface area (Å²) >= 11 is 0. The molecule has 0 aliphatic rings. The number of rotatable bonds is 4. The molecule has 3 heterocycles. The Balaban J connectivity index is 2.19. The van der Waals surface area contributed by atoms with Crippen LogP contribution >= 0.6 is 0 Å². The van der Waals surface area contributed by atoms with Crippen molar-refractivity contribution in [2.24, 2.45) is 0 Å². The van der Waals surface area contributed by atoms with Crippen LogP contribution in [0.15, 0.2) is 36.7 Å². The number of nitrogens with zero attached hydrogens (tertiary/aromatic N) is 2. The maximum atomic E-state index is 13.3. The minimum absolute atomic E-state index is 0.140. The van der Waals surface area contributed by atoms with Crippen LogP contribution in [0.5, 0.6) is 0 Å². The second kappa shape index (κ2) is 5.84. The average Bonchev–Trinajstić information content (AvgIpc) is 2.99. The molecule has 0 aliphatic heterocycles. The van der Waals surface area contributed by atoms with Crippen LogP contribution in [0.1, 0.15) is 5.56 Å². The summed E-state index contributed by atoms with van der Waals surface area (Å²) in [4.78, 5) is 21.5. The first-order valence-electron chi connectivity index (χ1n) is 6.82. The number of carboxylic acids is 1. The van der Waals surface area contributed by atoms with Gasteiger partial charge in [-0.05, 0) is 24.3 Å². The summed E-state index contributed by atoms with van der Waals surface area (Å²) in [5.74, 6) is -0.972. The second-order valence-electron chi connectivity index (χ2n) is 4.94. The number of nitrogens with one attached hydrogen (secondary N) is 2. The van der Waals surface area contributed by atoms with Crippen LogP contribution in [0.3, 0.4) is 0 Å². The van der Waals surface area contributed by atoms with E-state index in [1.165, 1.54) is 18.3 Å². The Morgan fingerprint density at radius 3 is 2.83 bits per heavy atom. The lowest BCUT2D eigenvalue weighted by Crippen LogP contribution is -2.13. The van der Waals surface area contributed by atoms with E-state index in [9.17, 15) is 18.0 Å². The lowest BCUT2D eigenvalue weighted by atomic mass is 10.0. The summed E-state index contributed by atoms with van der Waals surface area (Å²) in [5.41, 5.74) is -0.570. The van der Waals surface area contributed by atoms with Gasteiger partial charge in [-0.2, -0.15) is 13.2 Å². The molecule has 3 aromatic rings. The number of pyridine rings is 2. The monoisotopic (exact) mass is 336 g/mol. The maximum Gasteiger partial charge on any atom is 0.418 e. The summed E-state index contributed by atoms with van der Waals surface area (Å²) in [6.45, 7) is -0.410. The summed E-state index contributed by atoms with van der Waals surface area (Å²) in [6, 6.07) is 5.11. The molecule has 0 saturated heterocycles. The van der Waals surface area contributed by atoms with Crippen molar-refractivity contribution in [1.29, 1.82) is 0 Å². The van der Waals surface area contributed by atoms with Gasteiger partial charge in [0.2, 0.25) is 0 Å². The van der Waals surface area contributed by atoms with Crippen molar-refractivity contribution in [3.63, 3.8) is 0 Å². The number of H-pyrrole nitrogens is 1. The third kappa shape index (κ3) is 3.00. The zero-order valence-electron chi connectivity index (χ0n) is 12.1. The van der Waals surface area contributed by atoms with E-state index in [2.05, 4.69) is 20.3 Å². The van der Waals surface area contributed by atoms with Crippen LogP contribution in [0.4, 0.5) is 19.0 Å². The molecule has 0 spiro atoms. The highest BCUT2D eigenvalue weighted by Gasteiger charge is 2.34. The smallest absolute Gasteiger partial charge is 0.418 e. The van der Waals surface area contributed by atoms with Crippen LogP contribution in [-0.2, 0) is 11.0 Å². The van der Waals surface area contributed by atoms with Gasteiger partial charge in [-0.1, -0.05) is 0 Å². The van der Waals surface area contributed by atoms with Gasteiger partial charge in [-0.3, -0.25) is 9.78 Å². The highest BCUT2D eigenvalue weighted by Crippen LogP contribution is 2.38. The third-order valence-corrected chi connectivity index (χ3v) is 3.32. The normalized spacial score (nSPS) is 11.6. The Kier molecular flexibility index (Phi) is 3.84. The largest absolute Gasteiger partial charge is 0.480 e. The molecule has 0 aromatic carbocycles. The van der Waals surface area contributed by atoms with Crippen molar-refractivity contribution in [3.05, 3.63) is 42.2 Å². The number of alkyl halides is 3. The van der Waals surface area contributed by atoms with Gasteiger partial charge in [-0.25, -0.2) is 4.98 Å². The van der Waals surface area contributed by atoms with Gasteiger partial charge >= 0.3 is 12.1 Å². The fourth-order valence-corrected chi connectivity index (χ4v) is 2.34. The van der Waals surface area contributed by atoms with E-state index in [0.717, 1.165) is 6.07 Å². The Labute approximate surface area is 133 Å². The van der Waals surface area contributed by atoms with Gasteiger partial charge in [0.05, 0.1) is 11.3 Å². The summed E-state index contributed by atoms with van der Waals surface area (Å²) in [7, 11) is 0. The molecule has 9 heteroatoms. The quantitative estimate of drug-likeness (QED) is 0.681. The van der Waals surface area contributed by atoms with Gasteiger partial charge in [0.15, 0.2) is 0 Å². The van der Waals surface area contributed by atoms with Crippen LogP contribution in [0.2, 0.25) is 0 Å². The topological polar surface area (TPSA) is 90.9 Å². The molecule has 0 aliphatic carbocycles. The number of aromatic amines is 1. The molecule has 0 atom stereocenters. The molecule has 3 N–H and O–H groups in total. The number of hydrogen-bond acceptors (Lipinski definition) is 4. The highest BCUT2D eigenvalue weighted by molar-refractivity contribution is 5.94. The number of fused-ring (bicyclic) bond motifs is 1. The molecule has 0 unspecified atom stereocenters. The van der Waals surface area contributed by atoms with Crippen molar-refractivity contribution in [3.8, 4) is 11.3 Å². The van der Waals surface area contributed by atoms with E-state index < -0.39 is 24.3 Å². The van der Waals surface area contributed by atoms with Gasteiger partial charge in [0.25, 0.3) is 0 Å². The zero-order chi connectivity index (χ0) is 17.3. The van der Waals surface area contributed by atoms with Crippen LogP contribution in [0.25, 0.3) is 22.3 Å². The SMILES string of the molecule is O=C(O)CNc1cc(-c2ncccc2C(F)(F)F)c2cc[nH]c2n1. The first kappa shape index (κ1) is 15.8. The molecule has 0 saturated carbocycles. The van der Waals surface area contributed by atoms with Gasteiger partial charge in [0, 0.05) is 23.3 Å². The highest BCUT2D eigenvalue weighted by atomic mass is 19.4. The van der Waals surface area contributed by atoms with E-state index in [0.29, 0.717) is 11.0 Å². The molecule has 3 rings (SSSR count). The minimum atomic E-state index is -4.57. The van der Waals surface area contributed by atoms with Crippen molar-refractivity contribution in [1.82, 2.24) is 15.0 Å². The summed E-state index contributed by atoms with van der Waals surface area (Å²) in [6.07, 6.45) is -1.75. The molecule has 0 radical (unpaired) electrons. The number of aliphatic carboxylic acids is 1. The molecule has 3 aromatic heterocycles. The predicted molar refractivity (Wildman–Crippen MR) is 80.5 cm³/mol. The molecular formula is C15H11F3N4O2. The van der Waals surface area contributed by atoms with E-state index in [-0.39, 0.29) is 17.1 Å². The number of anilines is 1. The van der Waals surface area contributed by atoms with Crippen LogP contribution in [0, 0.1) is 0 Å². The molecular weight excluding hydrogens is 325 g/mol. The summed E-state index contributed by atoms with van der Waals surface area (Å²) < 4.78 is 39.8. The van der Waals surface area contributed by atoms with E-state index in [4.69, 9.17) is 5.11 Å². The fourth-order valence-electron chi connectivity index (χ4n) is 2.34.